The molecular formula is C22H16Cl2N2O4. The Kier molecular flexibility index (Phi) is 5.53. The van der Waals surface area contributed by atoms with Gasteiger partial charge < -0.3 is 19.2 Å². The Morgan fingerprint density at radius 1 is 1.00 bits per heavy atom. The number of ether oxygens (including phenoxy) is 2. The van der Waals surface area contributed by atoms with Crippen molar-refractivity contribution < 1.29 is 18.7 Å². The molecule has 0 unspecified atom stereocenters. The summed E-state index contributed by atoms with van der Waals surface area (Å²) in [6, 6.07) is 15.6. The van der Waals surface area contributed by atoms with Crippen LogP contribution in [0.3, 0.4) is 0 Å². The van der Waals surface area contributed by atoms with E-state index < -0.39 is 0 Å². The fourth-order valence-electron chi connectivity index (χ4n) is 2.97. The first-order valence-electron chi connectivity index (χ1n) is 8.88. The molecule has 0 aliphatic heterocycles. The molecule has 1 aromatic heterocycles. The smallest absolute Gasteiger partial charge is 0.255 e. The van der Waals surface area contributed by atoms with Crippen molar-refractivity contribution in [1.82, 2.24) is 4.98 Å². The molecule has 0 atom stereocenters. The van der Waals surface area contributed by atoms with E-state index >= 15 is 0 Å². The first-order valence-corrected chi connectivity index (χ1v) is 9.63. The quantitative estimate of drug-likeness (QED) is 0.405. The third kappa shape index (κ3) is 3.92. The van der Waals surface area contributed by atoms with Crippen molar-refractivity contribution in [2.45, 2.75) is 0 Å². The Morgan fingerprint density at radius 2 is 1.77 bits per heavy atom. The molecule has 4 rings (SSSR count). The molecule has 0 bridgehead atoms. The van der Waals surface area contributed by atoms with Crippen molar-refractivity contribution in [2.75, 3.05) is 19.5 Å². The Bertz CT molecular complexity index is 1230. The van der Waals surface area contributed by atoms with Crippen molar-refractivity contribution in [3.8, 4) is 23.0 Å². The second-order valence-electron chi connectivity index (χ2n) is 6.36. The summed E-state index contributed by atoms with van der Waals surface area (Å²) in [6.45, 7) is 0. The number of anilines is 1. The molecule has 0 spiro atoms. The van der Waals surface area contributed by atoms with Gasteiger partial charge in [-0.25, -0.2) is 4.98 Å². The Labute approximate surface area is 182 Å². The minimum atomic E-state index is -0.364. The van der Waals surface area contributed by atoms with Crippen LogP contribution >= 0.6 is 23.2 Å². The summed E-state index contributed by atoms with van der Waals surface area (Å²) in [4.78, 5) is 17.1. The van der Waals surface area contributed by atoms with Gasteiger partial charge in [0.05, 0.1) is 24.3 Å². The molecule has 0 aliphatic carbocycles. The van der Waals surface area contributed by atoms with Gasteiger partial charge in [0.1, 0.15) is 11.3 Å². The molecule has 3 aromatic carbocycles. The Hall–Kier alpha value is -3.22. The molecule has 0 radical (unpaired) electrons. The third-order valence-corrected chi connectivity index (χ3v) is 4.99. The molecule has 8 heteroatoms. The highest BCUT2D eigenvalue weighted by Gasteiger charge is 2.15. The number of nitrogens with one attached hydrogen (secondary N) is 1. The molecule has 30 heavy (non-hydrogen) atoms. The zero-order chi connectivity index (χ0) is 21.3. The van der Waals surface area contributed by atoms with Gasteiger partial charge in [0.15, 0.2) is 11.3 Å². The molecule has 1 amide bonds. The summed E-state index contributed by atoms with van der Waals surface area (Å²) in [7, 11) is 3.06. The molecule has 1 N–H and O–H groups in total. The third-order valence-electron chi connectivity index (χ3n) is 4.43. The van der Waals surface area contributed by atoms with Gasteiger partial charge in [-0.3, -0.25) is 4.79 Å². The van der Waals surface area contributed by atoms with Crippen molar-refractivity contribution >= 4 is 45.9 Å². The van der Waals surface area contributed by atoms with Crippen LogP contribution in [0.2, 0.25) is 10.0 Å². The van der Waals surface area contributed by atoms with Gasteiger partial charge in [-0.05, 0) is 48.5 Å². The lowest BCUT2D eigenvalue weighted by Crippen LogP contribution is -2.12. The molecule has 6 nitrogen and oxygen atoms in total. The number of hydrogen-bond donors (Lipinski definition) is 1. The highest BCUT2D eigenvalue weighted by atomic mass is 35.5. The predicted octanol–water partition coefficient (Wildman–Crippen LogP) is 6.07. The van der Waals surface area contributed by atoms with E-state index in [2.05, 4.69) is 10.3 Å². The molecule has 4 aromatic rings. The summed E-state index contributed by atoms with van der Waals surface area (Å²) in [5, 5.41) is 3.32. The van der Waals surface area contributed by atoms with Gasteiger partial charge in [0, 0.05) is 16.8 Å². The van der Waals surface area contributed by atoms with E-state index in [1.54, 1.807) is 25.3 Å². The van der Waals surface area contributed by atoms with Gasteiger partial charge in [0.25, 0.3) is 5.91 Å². The summed E-state index contributed by atoms with van der Waals surface area (Å²) >= 11 is 12.2. The first kappa shape index (κ1) is 20.1. The van der Waals surface area contributed by atoms with E-state index in [0.717, 1.165) is 5.56 Å². The fraction of sp³-hybridized carbons (Fsp3) is 0.0909. The minimum Gasteiger partial charge on any atom is -0.497 e. The second-order valence-corrected chi connectivity index (χ2v) is 7.18. The van der Waals surface area contributed by atoms with Gasteiger partial charge in [-0.15, -0.1) is 0 Å². The van der Waals surface area contributed by atoms with Crippen LogP contribution in [-0.2, 0) is 0 Å². The van der Waals surface area contributed by atoms with Crippen LogP contribution in [0.4, 0.5) is 5.69 Å². The number of hydrogen-bond acceptors (Lipinski definition) is 5. The molecule has 0 saturated carbocycles. The number of aromatic nitrogens is 1. The number of halogens is 2. The summed E-state index contributed by atoms with van der Waals surface area (Å²) < 4.78 is 16.2. The first-order chi connectivity index (χ1) is 14.5. The van der Waals surface area contributed by atoms with Crippen molar-refractivity contribution in [2.24, 2.45) is 0 Å². The zero-order valence-electron chi connectivity index (χ0n) is 16.0. The summed E-state index contributed by atoms with van der Waals surface area (Å²) in [5.74, 6) is 1.13. The number of methoxy groups -OCH3 is 2. The standard InChI is InChI=1S/C22H16Cl2N2O4/c1-28-15-5-3-4-12(8-15)22-26-18-11-14(6-7-19(18)30-22)25-21(27)13-9-16(23)20(29-2)17(24)10-13/h3-11H,1-2H3,(H,25,27). The molecule has 0 fully saturated rings. The number of benzene rings is 3. The van der Waals surface area contributed by atoms with Crippen molar-refractivity contribution in [1.29, 1.82) is 0 Å². The topological polar surface area (TPSA) is 73.6 Å². The summed E-state index contributed by atoms with van der Waals surface area (Å²) in [6.07, 6.45) is 0. The van der Waals surface area contributed by atoms with Crippen molar-refractivity contribution in [3.05, 3.63) is 70.2 Å². The van der Waals surface area contributed by atoms with Crippen LogP contribution in [0, 0.1) is 0 Å². The number of carbonyl (C=O) groups excluding carboxylic acids is 1. The van der Waals surface area contributed by atoms with Crippen LogP contribution in [-0.4, -0.2) is 25.1 Å². The van der Waals surface area contributed by atoms with Gasteiger partial charge >= 0.3 is 0 Å². The van der Waals surface area contributed by atoms with Crippen molar-refractivity contribution in [3.63, 3.8) is 0 Å². The minimum absolute atomic E-state index is 0.255. The lowest BCUT2D eigenvalue weighted by atomic mass is 10.2. The molecular weight excluding hydrogens is 427 g/mol. The number of rotatable bonds is 5. The highest BCUT2D eigenvalue weighted by molar-refractivity contribution is 6.37. The van der Waals surface area contributed by atoms with E-state index in [4.69, 9.17) is 37.1 Å². The lowest BCUT2D eigenvalue weighted by Gasteiger charge is -2.09. The van der Waals surface area contributed by atoms with Gasteiger partial charge in [0.2, 0.25) is 5.89 Å². The van der Waals surface area contributed by atoms with Crippen LogP contribution < -0.4 is 14.8 Å². The van der Waals surface area contributed by atoms with E-state index in [1.807, 2.05) is 24.3 Å². The molecule has 1 heterocycles. The molecule has 0 saturated heterocycles. The van der Waals surface area contributed by atoms with Gasteiger partial charge in [-0.2, -0.15) is 0 Å². The number of nitrogens with zero attached hydrogens (tertiary/aromatic N) is 1. The van der Waals surface area contributed by atoms with Crippen LogP contribution in [0.15, 0.2) is 59.0 Å². The summed E-state index contributed by atoms with van der Waals surface area (Å²) in [5.41, 5.74) is 2.86. The maximum Gasteiger partial charge on any atom is 0.255 e. The molecule has 0 aliphatic rings. The average Bonchev–Trinajstić information content (AvgIpc) is 3.17. The maximum atomic E-state index is 12.6. The highest BCUT2D eigenvalue weighted by Crippen LogP contribution is 2.34. The number of oxazole rings is 1. The number of carbonyl (C=O) groups is 1. The SMILES string of the molecule is COc1cccc(-c2nc3cc(NC(=O)c4cc(Cl)c(OC)c(Cl)c4)ccc3o2)c1. The van der Waals surface area contributed by atoms with E-state index in [0.29, 0.717) is 39.7 Å². The average molecular weight is 443 g/mol. The second kappa shape index (κ2) is 8.26. The van der Waals surface area contributed by atoms with Crippen LogP contribution in [0.5, 0.6) is 11.5 Å². The Balaban J connectivity index is 1.60. The number of fused-ring (bicyclic) bond motifs is 1. The van der Waals surface area contributed by atoms with E-state index in [-0.39, 0.29) is 16.0 Å². The fourth-order valence-corrected chi connectivity index (χ4v) is 3.62. The molecule has 152 valence electrons. The maximum absolute atomic E-state index is 12.6. The van der Waals surface area contributed by atoms with Crippen LogP contribution in [0.1, 0.15) is 10.4 Å². The number of amides is 1. The predicted molar refractivity (Wildman–Crippen MR) is 117 cm³/mol. The monoisotopic (exact) mass is 442 g/mol. The zero-order valence-corrected chi connectivity index (χ0v) is 17.5. The van der Waals surface area contributed by atoms with E-state index in [1.165, 1.54) is 19.2 Å². The normalized spacial score (nSPS) is 10.8. The van der Waals surface area contributed by atoms with Crippen LogP contribution in [0.25, 0.3) is 22.6 Å². The van der Waals surface area contributed by atoms with Gasteiger partial charge in [-0.1, -0.05) is 29.3 Å². The Morgan fingerprint density at radius 3 is 2.47 bits per heavy atom. The lowest BCUT2D eigenvalue weighted by molar-refractivity contribution is 0.102. The van der Waals surface area contributed by atoms with E-state index in [9.17, 15) is 4.79 Å². The largest absolute Gasteiger partial charge is 0.497 e.